The predicted octanol–water partition coefficient (Wildman–Crippen LogP) is 4.00. The number of hydrogen-bond acceptors (Lipinski definition) is 4. The third kappa shape index (κ3) is 5.26. The zero-order valence-electron chi connectivity index (χ0n) is 18.2. The highest BCUT2D eigenvalue weighted by Gasteiger charge is 2.31. The number of rotatable bonds is 8. The molecule has 0 radical (unpaired) electrons. The van der Waals surface area contributed by atoms with Gasteiger partial charge in [0.05, 0.1) is 12.8 Å². The van der Waals surface area contributed by atoms with E-state index in [1.165, 1.54) is 30.2 Å². The van der Waals surface area contributed by atoms with E-state index in [4.69, 9.17) is 4.74 Å². The topological polar surface area (TPSA) is 66.9 Å². The molecule has 0 atom stereocenters. The van der Waals surface area contributed by atoms with Crippen molar-refractivity contribution in [3.63, 3.8) is 0 Å². The van der Waals surface area contributed by atoms with Gasteiger partial charge in [0.1, 0.15) is 23.0 Å². The van der Waals surface area contributed by atoms with Gasteiger partial charge in [0.15, 0.2) is 0 Å². The fourth-order valence-electron chi connectivity index (χ4n) is 3.22. The van der Waals surface area contributed by atoms with Crippen LogP contribution in [0.15, 0.2) is 77.7 Å². The molecule has 0 aliphatic carbocycles. The van der Waals surface area contributed by atoms with Crippen molar-refractivity contribution in [3.05, 3.63) is 89.7 Å². The lowest BCUT2D eigenvalue weighted by Crippen LogP contribution is -2.41. The van der Waals surface area contributed by atoms with Gasteiger partial charge >= 0.3 is 0 Å². The summed E-state index contributed by atoms with van der Waals surface area (Å²) in [5, 5.41) is 0. The zero-order chi connectivity index (χ0) is 23.3. The summed E-state index contributed by atoms with van der Waals surface area (Å²) < 4.78 is 47.0. The van der Waals surface area contributed by atoms with Crippen LogP contribution < -0.4 is 9.04 Å². The molecule has 0 fully saturated rings. The maximum Gasteiger partial charge on any atom is 0.268 e. The molecule has 0 bridgehead atoms. The second-order valence-corrected chi connectivity index (χ2v) is 9.21. The Hall–Kier alpha value is -3.39. The molecule has 0 spiro atoms. The maximum atomic E-state index is 13.6. The second-order valence-electron chi connectivity index (χ2n) is 7.38. The lowest BCUT2D eigenvalue weighted by Gasteiger charge is -2.27. The summed E-state index contributed by atoms with van der Waals surface area (Å²) in [6.07, 6.45) is 0. The molecule has 0 N–H and O–H groups in total. The quantitative estimate of drug-likeness (QED) is 0.514. The number of nitrogens with zero attached hydrogens (tertiary/aromatic N) is 2. The van der Waals surface area contributed by atoms with E-state index in [0.717, 1.165) is 27.6 Å². The van der Waals surface area contributed by atoms with Crippen molar-refractivity contribution in [1.82, 2.24) is 4.90 Å². The third-order valence-electron chi connectivity index (χ3n) is 4.97. The number of sulfonamides is 1. The molecular formula is C24H25FN2O4S. The van der Waals surface area contributed by atoms with E-state index in [2.05, 4.69) is 0 Å². The first-order chi connectivity index (χ1) is 15.2. The van der Waals surface area contributed by atoms with Crippen molar-refractivity contribution in [3.8, 4) is 5.75 Å². The van der Waals surface area contributed by atoms with Crippen molar-refractivity contribution in [2.45, 2.75) is 18.4 Å². The van der Waals surface area contributed by atoms with Crippen LogP contribution in [0.25, 0.3) is 0 Å². The van der Waals surface area contributed by atoms with E-state index in [1.54, 1.807) is 26.1 Å². The van der Waals surface area contributed by atoms with E-state index in [9.17, 15) is 17.6 Å². The molecule has 1 amide bonds. The summed E-state index contributed by atoms with van der Waals surface area (Å²) in [5.41, 5.74) is 1.81. The summed E-state index contributed by atoms with van der Waals surface area (Å²) in [6.45, 7) is 1.64. The lowest BCUT2D eigenvalue weighted by atomic mass is 10.2. The minimum Gasteiger partial charge on any atom is -0.495 e. The largest absolute Gasteiger partial charge is 0.495 e. The van der Waals surface area contributed by atoms with Crippen LogP contribution in [0.5, 0.6) is 5.75 Å². The minimum absolute atomic E-state index is 0.0668. The number of methoxy groups -OCH3 is 1. The number of hydrogen-bond donors (Lipinski definition) is 0. The van der Waals surface area contributed by atoms with Gasteiger partial charge in [-0.1, -0.05) is 36.4 Å². The van der Waals surface area contributed by atoms with Crippen LogP contribution in [0.4, 0.5) is 10.1 Å². The number of benzene rings is 3. The lowest BCUT2D eigenvalue weighted by molar-refractivity contribution is -0.128. The van der Waals surface area contributed by atoms with E-state index < -0.39 is 28.3 Å². The SMILES string of the molecule is COc1ccc(C)cc1S(=O)(=O)N(CC(=O)N(C)Cc1ccccc1)c1ccc(F)cc1. The monoisotopic (exact) mass is 456 g/mol. The number of amides is 1. The van der Waals surface area contributed by atoms with Gasteiger partial charge in [-0.05, 0) is 54.4 Å². The minimum atomic E-state index is -4.20. The third-order valence-corrected chi connectivity index (χ3v) is 6.76. The van der Waals surface area contributed by atoms with Crippen molar-refractivity contribution in [2.75, 3.05) is 25.0 Å². The van der Waals surface area contributed by atoms with E-state index in [0.29, 0.717) is 6.54 Å². The first-order valence-electron chi connectivity index (χ1n) is 9.93. The maximum absolute atomic E-state index is 13.6. The fraction of sp³-hybridized carbons (Fsp3) is 0.208. The highest BCUT2D eigenvalue weighted by molar-refractivity contribution is 7.93. The highest BCUT2D eigenvalue weighted by Crippen LogP contribution is 2.31. The Morgan fingerprint density at radius 2 is 1.66 bits per heavy atom. The Morgan fingerprint density at radius 1 is 1.00 bits per heavy atom. The smallest absolute Gasteiger partial charge is 0.268 e. The van der Waals surface area contributed by atoms with Gasteiger partial charge in [0.2, 0.25) is 5.91 Å². The average molecular weight is 457 g/mol. The second kappa shape index (κ2) is 9.82. The summed E-state index contributed by atoms with van der Waals surface area (Å²) in [5.74, 6) is -0.757. The van der Waals surface area contributed by atoms with Crippen molar-refractivity contribution < 1.29 is 22.3 Å². The van der Waals surface area contributed by atoms with E-state index >= 15 is 0 Å². The van der Waals surface area contributed by atoms with E-state index in [1.807, 2.05) is 30.3 Å². The summed E-state index contributed by atoms with van der Waals surface area (Å²) >= 11 is 0. The predicted molar refractivity (Wildman–Crippen MR) is 122 cm³/mol. The Balaban J connectivity index is 1.98. The zero-order valence-corrected chi connectivity index (χ0v) is 19.0. The summed E-state index contributed by atoms with van der Waals surface area (Å²) in [7, 11) is -1.21. The van der Waals surface area contributed by atoms with Crippen LogP contribution in [-0.2, 0) is 21.4 Å². The Kier molecular flexibility index (Phi) is 7.15. The fourth-order valence-corrected chi connectivity index (χ4v) is 4.87. The van der Waals surface area contributed by atoms with Crippen molar-refractivity contribution in [2.24, 2.45) is 0 Å². The first kappa shape index (κ1) is 23.3. The average Bonchev–Trinajstić information content (AvgIpc) is 2.78. The Morgan fingerprint density at radius 3 is 2.28 bits per heavy atom. The number of likely N-dealkylation sites (N-methyl/N-ethyl adjacent to an activating group) is 1. The number of carbonyl (C=O) groups excluding carboxylic acids is 1. The number of halogens is 1. The highest BCUT2D eigenvalue weighted by atomic mass is 32.2. The standard InChI is InChI=1S/C24H25FN2O4S/c1-18-9-14-22(31-3)23(15-18)32(29,30)27(21-12-10-20(25)11-13-21)17-24(28)26(2)16-19-7-5-4-6-8-19/h4-15H,16-17H2,1-3H3. The first-order valence-corrected chi connectivity index (χ1v) is 11.4. The van der Waals surface area contributed by atoms with Gasteiger partial charge in [0, 0.05) is 13.6 Å². The molecule has 0 unspecified atom stereocenters. The van der Waals surface area contributed by atoms with Crippen molar-refractivity contribution >= 4 is 21.6 Å². The molecule has 0 saturated carbocycles. The van der Waals surface area contributed by atoms with Crippen LogP contribution in [0.3, 0.4) is 0 Å². The molecule has 0 aliphatic rings. The van der Waals surface area contributed by atoms with Gasteiger partial charge < -0.3 is 9.64 Å². The molecule has 3 aromatic rings. The molecule has 6 nitrogen and oxygen atoms in total. The number of carbonyl (C=O) groups is 1. The molecule has 3 aromatic carbocycles. The van der Waals surface area contributed by atoms with Gasteiger partial charge in [-0.25, -0.2) is 12.8 Å². The van der Waals surface area contributed by atoms with Crippen LogP contribution >= 0.6 is 0 Å². The molecular weight excluding hydrogens is 431 g/mol. The van der Waals surface area contributed by atoms with Gasteiger partial charge in [0.25, 0.3) is 10.0 Å². The van der Waals surface area contributed by atoms with Crippen LogP contribution in [0, 0.1) is 12.7 Å². The Bertz CT molecular complexity index is 1180. The van der Waals surface area contributed by atoms with Gasteiger partial charge in [-0.2, -0.15) is 0 Å². The molecule has 3 rings (SSSR count). The normalized spacial score (nSPS) is 11.1. The van der Waals surface area contributed by atoms with Crippen LogP contribution in [-0.4, -0.2) is 39.9 Å². The summed E-state index contributed by atoms with van der Waals surface area (Å²) in [4.78, 5) is 14.4. The molecule has 168 valence electrons. The van der Waals surface area contributed by atoms with Gasteiger partial charge in [-0.15, -0.1) is 0 Å². The molecule has 0 heterocycles. The molecule has 8 heteroatoms. The summed E-state index contributed by atoms with van der Waals surface area (Å²) in [6, 6.07) is 19.2. The Labute approximate surface area is 187 Å². The number of aryl methyl sites for hydroxylation is 1. The van der Waals surface area contributed by atoms with Crippen LogP contribution in [0.2, 0.25) is 0 Å². The molecule has 32 heavy (non-hydrogen) atoms. The number of anilines is 1. The molecule has 0 saturated heterocycles. The van der Waals surface area contributed by atoms with Gasteiger partial charge in [-0.3, -0.25) is 9.10 Å². The van der Waals surface area contributed by atoms with Crippen LogP contribution in [0.1, 0.15) is 11.1 Å². The molecule has 0 aromatic heterocycles. The number of ether oxygens (including phenoxy) is 1. The van der Waals surface area contributed by atoms with Crippen molar-refractivity contribution in [1.29, 1.82) is 0 Å². The van der Waals surface area contributed by atoms with E-state index in [-0.39, 0.29) is 16.3 Å². The molecule has 0 aliphatic heterocycles.